The van der Waals surface area contributed by atoms with Gasteiger partial charge in [0, 0.05) is 13.2 Å². The molecule has 2 fully saturated rings. The van der Waals surface area contributed by atoms with E-state index in [4.69, 9.17) is 18.9 Å². The van der Waals surface area contributed by atoms with Gasteiger partial charge in [-0.05, 0) is 25.7 Å². The van der Waals surface area contributed by atoms with Gasteiger partial charge in [-0.25, -0.2) is 4.79 Å². The molecule has 0 bridgehead atoms. The molecule has 2 rings (SSSR count). The quantitative estimate of drug-likeness (QED) is 0.685. The largest absolute Gasteiger partial charge is 0.508 e. The molecule has 2 heterocycles. The maximum absolute atomic E-state index is 11.2. The van der Waals surface area contributed by atoms with Crippen LogP contribution in [-0.2, 0) is 18.9 Å². The highest BCUT2D eigenvalue weighted by Gasteiger charge is 2.20. The van der Waals surface area contributed by atoms with Gasteiger partial charge in [0.05, 0.1) is 12.2 Å². The van der Waals surface area contributed by atoms with E-state index >= 15 is 0 Å². The summed E-state index contributed by atoms with van der Waals surface area (Å²) in [5.41, 5.74) is 0. The van der Waals surface area contributed by atoms with Gasteiger partial charge < -0.3 is 18.9 Å². The Morgan fingerprint density at radius 2 is 1.50 bits per heavy atom. The summed E-state index contributed by atoms with van der Waals surface area (Å²) in [6.45, 7) is 2.12. The molecule has 2 atom stereocenters. The van der Waals surface area contributed by atoms with E-state index in [1.807, 2.05) is 0 Å². The smallest absolute Gasteiger partial charge is 0.432 e. The number of hydrogen-bond donors (Lipinski definition) is 0. The van der Waals surface area contributed by atoms with Gasteiger partial charge in [-0.1, -0.05) is 0 Å². The van der Waals surface area contributed by atoms with Crippen molar-refractivity contribution in [2.45, 2.75) is 37.9 Å². The molecule has 0 radical (unpaired) electrons. The maximum Gasteiger partial charge on any atom is 0.508 e. The van der Waals surface area contributed by atoms with Gasteiger partial charge in [-0.15, -0.1) is 0 Å². The average Bonchev–Trinajstić information content (AvgIpc) is 2.96. The first-order chi connectivity index (χ1) is 7.84. The third-order valence-corrected chi connectivity index (χ3v) is 2.82. The third kappa shape index (κ3) is 3.64. The van der Waals surface area contributed by atoms with E-state index in [9.17, 15) is 4.79 Å². The minimum Gasteiger partial charge on any atom is -0.432 e. The van der Waals surface area contributed by atoms with Gasteiger partial charge in [-0.3, -0.25) is 0 Å². The lowest BCUT2D eigenvalue weighted by Gasteiger charge is -2.12. The molecule has 0 spiro atoms. The van der Waals surface area contributed by atoms with Crippen LogP contribution < -0.4 is 0 Å². The predicted octanol–water partition coefficient (Wildman–Crippen LogP) is 1.50. The van der Waals surface area contributed by atoms with Gasteiger partial charge in [0.25, 0.3) is 0 Å². The summed E-state index contributed by atoms with van der Waals surface area (Å²) < 4.78 is 20.5. The summed E-state index contributed by atoms with van der Waals surface area (Å²) in [6.07, 6.45) is 3.48. The van der Waals surface area contributed by atoms with E-state index < -0.39 is 6.16 Å². The van der Waals surface area contributed by atoms with Crippen molar-refractivity contribution >= 4 is 6.16 Å². The van der Waals surface area contributed by atoms with Crippen LogP contribution >= 0.6 is 0 Å². The Morgan fingerprint density at radius 1 is 1.00 bits per heavy atom. The molecule has 16 heavy (non-hydrogen) atoms. The lowest BCUT2D eigenvalue weighted by Crippen LogP contribution is -2.22. The molecule has 2 saturated heterocycles. The highest BCUT2D eigenvalue weighted by Crippen LogP contribution is 2.14. The molecule has 0 N–H and O–H groups in total. The van der Waals surface area contributed by atoms with E-state index in [-0.39, 0.29) is 12.2 Å². The molecule has 5 heteroatoms. The zero-order valence-electron chi connectivity index (χ0n) is 9.35. The average molecular weight is 230 g/mol. The second-order valence-corrected chi connectivity index (χ2v) is 4.14. The maximum atomic E-state index is 11.2. The van der Waals surface area contributed by atoms with Crippen molar-refractivity contribution in [3.63, 3.8) is 0 Å². The van der Waals surface area contributed by atoms with Crippen molar-refractivity contribution in [1.29, 1.82) is 0 Å². The van der Waals surface area contributed by atoms with Gasteiger partial charge >= 0.3 is 6.16 Å². The summed E-state index contributed by atoms with van der Waals surface area (Å²) in [4.78, 5) is 11.2. The number of carbonyl (C=O) groups excluding carboxylic acids is 1. The van der Waals surface area contributed by atoms with Crippen LogP contribution in [0.15, 0.2) is 0 Å². The Bertz CT molecular complexity index is 196. The van der Waals surface area contributed by atoms with Crippen molar-refractivity contribution in [3.05, 3.63) is 0 Å². The van der Waals surface area contributed by atoms with E-state index in [0.717, 1.165) is 38.9 Å². The van der Waals surface area contributed by atoms with E-state index in [2.05, 4.69) is 0 Å². The first-order valence-electron chi connectivity index (χ1n) is 5.87. The Labute approximate surface area is 95.0 Å². The minimum absolute atomic E-state index is 0.0512. The third-order valence-electron chi connectivity index (χ3n) is 2.82. The van der Waals surface area contributed by atoms with Crippen LogP contribution in [-0.4, -0.2) is 44.8 Å². The lowest BCUT2D eigenvalue weighted by atomic mass is 10.2. The van der Waals surface area contributed by atoms with Crippen LogP contribution in [0, 0.1) is 0 Å². The van der Waals surface area contributed by atoms with Crippen LogP contribution in [0.3, 0.4) is 0 Å². The SMILES string of the molecule is O=C(OCC1CCCO1)OCC1CCCO1. The molecule has 0 aromatic heterocycles. The topological polar surface area (TPSA) is 54.0 Å². The zero-order valence-corrected chi connectivity index (χ0v) is 9.35. The normalized spacial score (nSPS) is 29.2. The Hall–Kier alpha value is -0.810. The van der Waals surface area contributed by atoms with E-state index in [1.165, 1.54) is 0 Å². The van der Waals surface area contributed by atoms with Crippen molar-refractivity contribution in [2.75, 3.05) is 26.4 Å². The lowest BCUT2D eigenvalue weighted by molar-refractivity contribution is -0.0133. The van der Waals surface area contributed by atoms with Gasteiger partial charge in [0.15, 0.2) is 0 Å². The van der Waals surface area contributed by atoms with Crippen LogP contribution in [0.4, 0.5) is 4.79 Å². The van der Waals surface area contributed by atoms with Gasteiger partial charge in [0.1, 0.15) is 13.2 Å². The Kier molecular flexibility index (Phi) is 4.42. The molecule has 0 aromatic carbocycles. The van der Waals surface area contributed by atoms with E-state index in [1.54, 1.807) is 0 Å². The monoisotopic (exact) mass is 230 g/mol. The predicted molar refractivity (Wildman–Crippen MR) is 55.2 cm³/mol. The minimum atomic E-state index is -0.619. The van der Waals surface area contributed by atoms with Crippen molar-refractivity contribution in [3.8, 4) is 0 Å². The fraction of sp³-hybridized carbons (Fsp3) is 0.909. The molecule has 2 aliphatic rings. The van der Waals surface area contributed by atoms with Crippen LogP contribution in [0.25, 0.3) is 0 Å². The summed E-state index contributed by atoms with van der Waals surface area (Å²) in [5, 5.41) is 0. The molecule has 92 valence electrons. The molecule has 0 amide bonds. The standard InChI is InChI=1S/C11H18O5/c12-11(15-7-9-3-1-5-13-9)16-8-10-4-2-6-14-10/h9-10H,1-8H2. The van der Waals surface area contributed by atoms with Crippen LogP contribution in [0.2, 0.25) is 0 Å². The summed E-state index contributed by atoms with van der Waals surface area (Å²) in [5.74, 6) is 0. The molecular weight excluding hydrogens is 212 g/mol. The highest BCUT2D eigenvalue weighted by molar-refractivity contribution is 5.59. The molecule has 0 aliphatic carbocycles. The fourth-order valence-corrected chi connectivity index (χ4v) is 1.92. The molecule has 5 nitrogen and oxygen atoms in total. The second-order valence-electron chi connectivity index (χ2n) is 4.14. The molecule has 2 unspecified atom stereocenters. The highest BCUT2D eigenvalue weighted by atomic mass is 16.7. The van der Waals surface area contributed by atoms with Crippen molar-refractivity contribution in [1.82, 2.24) is 0 Å². The summed E-state index contributed by atoms with van der Waals surface area (Å²) in [7, 11) is 0. The number of carbonyl (C=O) groups is 1. The van der Waals surface area contributed by atoms with E-state index in [0.29, 0.717) is 13.2 Å². The Balaban J connectivity index is 1.53. The van der Waals surface area contributed by atoms with Crippen molar-refractivity contribution < 1.29 is 23.7 Å². The fourth-order valence-electron chi connectivity index (χ4n) is 1.92. The van der Waals surface area contributed by atoms with Gasteiger partial charge in [0.2, 0.25) is 0 Å². The number of ether oxygens (including phenoxy) is 4. The second kappa shape index (κ2) is 6.06. The number of hydrogen-bond acceptors (Lipinski definition) is 5. The zero-order chi connectivity index (χ0) is 11.2. The van der Waals surface area contributed by atoms with Crippen LogP contribution in [0.1, 0.15) is 25.7 Å². The molecule has 0 aromatic rings. The first-order valence-corrected chi connectivity index (χ1v) is 5.87. The summed E-state index contributed by atoms with van der Waals surface area (Å²) >= 11 is 0. The Morgan fingerprint density at radius 3 is 1.88 bits per heavy atom. The number of rotatable bonds is 4. The molecular formula is C11H18O5. The van der Waals surface area contributed by atoms with Gasteiger partial charge in [-0.2, -0.15) is 0 Å². The summed E-state index contributed by atoms with van der Waals surface area (Å²) in [6, 6.07) is 0. The van der Waals surface area contributed by atoms with Crippen LogP contribution in [0.5, 0.6) is 0 Å². The van der Waals surface area contributed by atoms with Crippen molar-refractivity contribution in [2.24, 2.45) is 0 Å². The first kappa shape index (κ1) is 11.7. The molecule has 0 saturated carbocycles. The molecule has 2 aliphatic heterocycles.